The Morgan fingerprint density at radius 1 is 1.39 bits per heavy atom. The number of nitrogens with zero attached hydrogens (tertiary/aromatic N) is 1. The van der Waals surface area contributed by atoms with Crippen LogP contribution >= 0.6 is 22.6 Å². The van der Waals surface area contributed by atoms with Crippen molar-refractivity contribution in [3.63, 3.8) is 0 Å². The van der Waals surface area contributed by atoms with E-state index in [4.69, 9.17) is 0 Å². The van der Waals surface area contributed by atoms with E-state index in [9.17, 15) is 23.3 Å². The number of benzene rings is 1. The quantitative estimate of drug-likeness (QED) is 0.500. The lowest BCUT2D eigenvalue weighted by Crippen LogP contribution is -2.38. The summed E-state index contributed by atoms with van der Waals surface area (Å²) in [6, 6.07) is 4.09. The van der Waals surface area contributed by atoms with Crippen molar-refractivity contribution in [2.75, 3.05) is 5.32 Å². The average Bonchev–Trinajstić information content (AvgIpc) is 3.00. The van der Waals surface area contributed by atoms with Crippen molar-refractivity contribution in [1.82, 2.24) is 0 Å². The molecule has 0 radical (unpaired) electrons. The summed E-state index contributed by atoms with van der Waals surface area (Å²) in [6.07, 6.45) is -4.51. The summed E-state index contributed by atoms with van der Waals surface area (Å²) in [5.41, 5.74) is -2.42. The van der Waals surface area contributed by atoms with E-state index in [0.717, 1.165) is 0 Å². The van der Waals surface area contributed by atoms with E-state index >= 15 is 0 Å². The molecule has 0 unspecified atom stereocenters. The fourth-order valence-electron chi connectivity index (χ4n) is 1.62. The number of alkyl halides is 3. The maximum Gasteiger partial charge on any atom is 0.411 e. The van der Waals surface area contributed by atoms with Gasteiger partial charge in [-0.25, -0.2) is 0 Å². The Morgan fingerprint density at radius 3 is 2.44 bits per heavy atom. The predicted octanol–water partition coefficient (Wildman–Crippen LogP) is 3.71. The van der Waals surface area contributed by atoms with Crippen molar-refractivity contribution < 1.29 is 18.1 Å². The van der Waals surface area contributed by atoms with E-state index in [2.05, 4.69) is 5.32 Å². The standard InChI is InChI=1S/C10H8F3IN2O2/c11-10(12,13)9(3-4-9)15-7-2-1-6(14)5-8(7)16(17)18/h1-2,5,15H,3-4H2. The first-order valence-corrected chi connectivity index (χ1v) is 6.12. The zero-order valence-electron chi connectivity index (χ0n) is 8.92. The molecule has 1 aliphatic rings. The van der Waals surface area contributed by atoms with E-state index < -0.39 is 16.6 Å². The minimum absolute atomic E-state index is 0.0559. The Bertz CT molecular complexity index is 500. The largest absolute Gasteiger partial charge is 0.411 e. The lowest BCUT2D eigenvalue weighted by atomic mass is 10.2. The van der Waals surface area contributed by atoms with E-state index in [0.29, 0.717) is 3.57 Å². The number of hydrogen-bond donors (Lipinski definition) is 1. The van der Waals surface area contributed by atoms with Gasteiger partial charge in [0.1, 0.15) is 11.2 Å². The number of anilines is 1. The third-order valence-corrected chi connectivity index (χ3v) is 3.49. The highest BCUT2D eigenvalue weighted by Gasteiger charge is 2.63. The van der Waals surface area contributed by atoms with Gasteiger partial charge in [0.2, 0.25) is 0 Å². The molecule has 0 amide bonds. The molecular weight excluding hydrogens is 364 g/mol. The van der Waals surface area contributed by atoms with Crippen molar-refractivity contribution in [1.29, 1.82) is 0 Å². The molecule has 98 valence electrons. The fraction of sp³-hybridized carbons (Fsp3) is 0.400. The molecule has 0 aromatic heterocycles. The molecule has 0 aliphatic heterocycles. The number of hydrogen-bond acceptors (Lipinski definition) is 3. The maximum atomic E-state index is 12.8. The smallest absolute Gasteiger partial charge is 0.366 e. The Hall–Kier alpha value is -1.06. The van der Waals surface area contributed by atoms with Crippen LogP contribution in [0.3, 0.4) is 0 Å². The van der Waals surface area contributed by atoms with Gasteiger partial charge in [-0.05, 0) is 47.6 Å². The Balaban J connectivity index is 2.33. The van der Waals surface area contributed by atoms with E-state index in [1.807, 2.05) is 22.6 Å². The second-order valence-electron chi connectivity index (χ2n) is 4.12. The topological polar surface area (TPSA) is 55.2 Å². The normalized spacial score (nSPS) is 17.3. The molecule has 0 spiro atoms. The SMILES string of the molecule is O=[N+]([O-])c1cc(I)ccc1NC1(C(F)(F)F)CC1. The van der Waals surface area contributed by atoms with Crippen LogP contribution in [0.1, 0.15) is 12.8 Å². The first-order chi connectivity index (χ1) is 8.25. The van der Waals surface area contributed by atoms with Gasteiger partial charge < -0.3 is 5.32 Å². The highest BCUT2D eigenvalue weighted by atomic mass is 127. The van der Waals surface area contributed by atoms with Crippen LogP contribution in [0.15, 0.2) is 18.2 Å². The van der Waals surface area contributed by atoms with Gasteiger partial charge >= 0.3 is 6.18 Å². The van der Waals surface area contributed by atoms with Gasteiger partial charge in [0.05, 0.1) is 4.92 Å². The summed E-state index contributed by atoms with van der Waals surface area (Å²) in [5, 5.41) is 13.1. The summed E-state index contributed by atoms with van der Waals surface area (Å²) in [5.74, 6) is 0. The van der Waals surface area contributed by atoms with Crippen molar-refractivity contribution in [2.45, 2.75) is 24.6 Å². The Kier molecular flexibility index (Phi) is 3.16. The van der Waals surface area contributed by atoms with E-state index in [-0.39, 0.29) is 24.2 Å². The summed E-state index contributed by atoms with van der Waals surface area (Å²) in [6.45, 7) is 0. The summed E-state index contributed by atoms with van der Waals surface area (Å²) in [4.78, 5) is 10.1. The first kappa shape index (κ1) is 13.4. The van der Waals surface area contributed by atoms with Gasteiger partial charge in [-0.2, -0.15) is 13.2 Å². The zero-order valence-corrected chi connectivity index (χ0v) is 11.1. The van der Waals surface area contributed by atoms with Crippen LogP contribution in [-0.4, -0.2) is 16.6 Å². The highest BCUT2D eigenvalue weighted by Crippen LogP contribution is 2.52. The van der Waals surface area contributed by atoms with Crippen molar-refractivity contribution >= 4 is 34.0 Å². The predicted molar refractivity (Wildman–Crippen MR) is 67.5 cm³/mol. The molecule has 1 N–H and O–H groups in total. The highest BCUT2D eigenvalue weighted by molar-refractivity contribution is 14.1. The third-order valence-electron chi connectivity index (χ3n) is 2.82. The van der Waals surface area contributed by atoms with Gasteiger partial charge in [0.15, 0.2) is 0 Å². The third kappa shape index (κ3) is 2.38. The van der Waals surface area contributed by atoms with Crippen LogP contribution in [0, 0.1) is 13.7 Å². The van der Waals surface area contributed by atoms with Crippen LogP contribution < -0.4 is 5.32 Å². The molecule has 1 fully saturated rings. The zero-order chi connectivity index (χ0) is 13.6. The monoisotopic (exact) mass is 372 g/mol. The minimum atomic E-state index is -4.40. The van der Waals surface area contributed by atoms with Crippen molar-refractivity contribution in [3.05, 3.63) is 31.9 Å². The maximum absolute atomic E-state index is 12.8. The second kappa shape index (κ2) is 4.25. The van der Waals surface area contributed by atoms with Gasteiger partial charge in [0.25, 0.3) is 5.69 Å². The summed E-state index contributed by atoms with van der Waals surface area (Å²) < 4.78 is 38.9. The van der Waals surface area contributed by atoms with Crippen LogP contribution in [0.2, 0.25) is 0 Å². The number of nitrogens with one attached hydrogen (secondary N) is 1. The minimum Gasteiger partial charge on any atom is -0.366 e. The molecule has 2 rings (SSSR count). The molecule has 0 bridgehead atoms. The van der Waals surface area contributed by atoms with Crippen LogP contribution in [0.25, 0.3) is 0 Å². The van der Waals surface area contributed by atoms with Gasteiger partial charge in [-0.1, -0.05) is 0 Å². The number of rotatable bonds is 3. The summed E-state index contributed by atoms with van der Waals surface area (Å²) in [7, 11) is 0. The number of halogens is 4. The molecule has 1 saturated carbocycles. The number of nitro groups is 1. The van der Waals surface area contributed by atoms with E-state index in [1.165, 1.54) is 18.2 Å². The molecule has 4 nitrogen and oxygen atoms in total. The first-order valence-electron chi connectivity index (χ1n) is 5.04. The fourth-order valence-corrected chi connectivity index (χ4v) is 2.10. The van der Waals surface area contributed by atoms with E-state index in [1.54, 1.807) is 0 Å². The van der Waals surface area contributed by atoms with Crippen molar-refractivity contribution in [3.8, 4) is 0 Å². The lowest BCUT2D eigenvalue weighted by Gasteiger charge is -2.21. The molecule has 0 atom stereocenters. The molecule has 1 aromatic carbocycles. The lowest BCUT2D eigenvalue weighted by molar-refractivity contribution is -0.384. The molecule has 1 aromatic rings. The van der Waals surface area contributed by atoms with Crippen LogP contribution in [0.4, 0.5) is 24.5 Å². The second-order valence-corrected chi connectivity index (χ2v) is 5.37. The molecule has 18 heavy (non-hydrogen) atoms. The molecular formula is C10H8F3IN2O2. The van der Waals surface area contributed by atoms with Gasteiger partial charge in [0, 0.05) is 9.64 Å². The summed E-state index contributed by atoms with van der Waals surface area (Å²) >= 11 is 1.87. The van der Waals surface area contributed by atoms with Crippen molar-refractivity contribution in [2.24, 2.45) is 0 Å². The van der Waals surface area contributed by atoms with Crippen LogP contribution in [-0.2, 0) is 0 Å². The van der Waals surface area contributed by atoms with Gasteiger partial charge in [-0.3, -0.25) is 10.1 Å². The Labute approximate surface area is 114 Å². The molecule has 8 heteroatoms. The Morgan fingerprint density at radius 2 is 2.00 bits per heavy atom. The number of nitro benzene ring substituents is 1. The van der Waals surface area contributed by atoms with Crippen LogP contribution in [0.5, 0.6) is 0 Å². The molecule has 0 heterocycles. The van der Waals surface area contributed by atoms with Gasteiger partial charge in [-0.15, -0.1) is 0 Å². The average molecular weight is 372 g/mol. The molecule has 0 saturated heterocycles. The molecule has 1 aliphatic carbocycles.